The van der Waals surface area contributed by atoms with E-state index in [2.05, 4.69) is 31.5 Å². The highest BCUT2D eigenvalue weighted by molar-refractivity contribution is 9.10. The molecule has 0 bridgehead atoms. The van der Waals surface area contributed by atoms with Crippen molar-refractivity contribution in [2.24, 2.45) is 0 Å². The Labute approximate surface area is 164 Å². The third-order valence-electron chi connectivity index (χ3n) is 5.43. The fourth-order valence-corrected chi connectivity index (χ4v) is 4.40. The molecule has 2 atom stereocenters. The summed E-state index contributed by atoms with van der Waals surface area (Å²) >= 11 is 3.39. The SMILES string of the molecule is Cc1nc(Nc2cc3c(c(C(F)(F)F)c2)N(C)[C@@H]2CCNC[C@H]32)ccc1Br. The van der Waals surface area contributed by atoms with E-state index in [4.69, 9.17) is 0 Å². The molecule has 27 heavy (non-hydrogen) atoms. The minimum absolute atomic E-state index is 0.0567. The molecule has 0 unspecified atom stereocenters. The van der Waals surface area contributed by atoms with Crippen molar-refractivity contribution in [2.75, 3.05) is 30.4 Å². The zero-order valence-electron chi connectivity index (χ0n) is 15.0. The Kier molecular flexibility index (Phi) is 4.58. The number of rotatable bonds is 2. The van der Waals surface area contributed by atoms with Crippen molar-refractivity contribution in [1.82, 2.24) is 10.3 Å². The minimum atomic E-state index is -4.42. The van der Waals surface area contributed by atoms with E-state index in [1.54, 1.807) is 13.1 Å². The molecule has 144 valence electrons. The van der Waals surface area contributed by atoms with Gasteiger partial charge < -0.3 is 15.5 Å². The van der Waals surface area contributed by atoms with E-state index in [0.29, 0.717) is 23.7 Å². The molecule has 2 aliphatic rings. The molecule has 0 radical (unpaired) electrons. The van der Waals surface area contributed by atoms with Gasteiger partial charge in [-0.05, 0) is 65.6 Å². The van der Waals surface area contributed by atoms with Crippen LogP contribution in [-0.4, -0.2) is 31.2 Å². The molecule has 4 rings (SSSR count). The van der Waals surface area contributed by atoms with Gasteiger partial charge in [0.25, 0.3) is 0 Å². The molecule has 0 saturated carbocycles. The smallest absolute Gasteiger partial charge is 0.370 e. The topological polar surface area (TPSA) is 40.2 Å². The molecule has 1 saturated heterocycles. The summed E-state index contributed by atoms with van der Waals surface area (Å²) in [5, 5.41) is 6.37. The van der Waals surface area contributed by atoms with Crippen LogP contribution in [0, 0.1) is 6.92 Å². The number of halogens is 4. The summed E-state index contributed by atoms with van der Waals surface area (Å²) in [6.07, 6.45) is -3.58. The van der Waals surface area contributed by atoms with Crippen molar-refractivity contribution in [3.8, 4) is 0 Å². The van der Waals surface area contributed by atoms with Crippen molar-refractivity contribution in [3.63, 3.8) is 0 Å². The number of nitrogens with zero attached hydrogens (tertiary/aromatic N) is 2. The van der Waals surface area contributed by atoms with E-state index < -0.39 is 11.7 Å². The highest BCUT2D eigenvalue weighted by Gasteiger charge is 2.45. The van der Waals surface area contributed by atoms with E-state index in [0.717, 1.165) is 28.7 Å². The third kappa shape index (κ3) is 3.29. The lowest BCUT2D eigenvalue weighted by atomic mass is 9.89. The Balaban J connectivity index is 1.79. The number of hydrogen-bond acceptors (Lipinski definition) is 4. The number of fused-ring (bicyclic) bond motifs is 3. The molecule has 8 heteroatoms. The van der Waals surface area contributed by atoms with E-state index in [1.165, 1.54) is 6.07 Å². The van der Waals surface area contributed by atoms with Crippen molar-refractivity contribution in [1.29, 1.82) is 0 Å². The van der Waals surface area contributed by atoms with Gasteiger partial charge in [0.15, 0.2) is 0 Å². The fraction of sp³-hybridized carbons (Fsp3) is 0.421. The van der Waals surface area contributed by atoms with Gasteiger partial charge in [-0.2, -0.15) is 13.2 Å². The first-order chi connectivity index (χ1) is 12.8. The second kappa shape index (κ2) is 6.67. The van der Waals surface area contributed by atoms with Crippen LogP contribution in [0.4, 0.5) is 30.4 Å². The van der Waals surface area contributed by atoms with Crippen LogP contribution in [-0.2, 0) is 6.18 Å². The average molecular weight is 441 g/mol. The largest absolute Gasteiger partial charge is 0.418 e. The summed E-state index contributed by atoms with van der Waals surface area (Å²) in [7, 11) is 1.77. The van der Waals surface area contributed by atoms with E-state index in [-0.39, 0.29) is 12.0 Å². The fourth-order valence-electron chi connectivity index (χ4n) is 4.17. The zero-order chi connectivity index (χ0) is 19.3. The van der Waals surface area contributed by atoms with Gasteiger partial charge in [0.2, 0.25) is 0 Å². The third-order valence-corrected chi connectivity index (χ3v) is 6.27. The van der Waals surface area contributed by atoms with Gasteiger partial charge in [0.1, 0.15) is 5.82 Å². The first kappa shape index (κ1) is 18.6. The van der Waals surface area contributed by atoms with Gasteiger partial charge in [-0.15, -0.1) is 0 Å². The van der Waals surface area contributed by atoms with Gasteiger partial charge in [-0.3, -0.25) is 0 Å². The Morgan fingerprint density at radius 1 is 1.30 bits per heavy atom. The highest BCUT2D eigenvalue weighted by atomic mass is 79.9. The first-order valence-electron chi connectivity index (χ1n) is 8.84. The molecule has 0 aliphatic carbocycles. The number of likely N-dealkylation sites (N-methyl/N-ethyl adjacent to an activating group) is 1. The predicted molar refractivity (Wildman–Crippen MR) is 104 cm³/mol. The summed E-state index contributed by atoms with van der Waals surface area (Å²) in [5.41, 5.74) is 1.66. The Hall–Kier alpha value is -1.80. The zero-order valence-corrected chi connectivity index (χ0v) is 16.6. The number of piperidine rings is 1. The second-order valence-corrected chi connectivity index (χ2v) is 7.98. The molecule has 3 heterocycles. The molecule has 0 amide bonds. The van der Waals surface area contributed by atoms with Gasteiger partial charge in [0, 0.05) is 35.7 Å². The van der Waals surface area contributed by atoms with Crippen molar-refractivity contribution in [2.45, 2.75) is 31.5 Å². The number of nitrogens with one attached hydrogen (secondary N) is 2. The van der Waals surface area contributed by atoms with Crippen LogP contribution in [0.15, 0.2) is 28.7 Å². The van der Waals surface area contributed by atoms with Crippen LogP contribution >= 0.6 is 15.9 Å². The van der Waals surface area contributed by atoms with Crippen molar-refractivity contribution < 1.29 is 13.2 Å². The quantitative estimate of drug-likeness (QED) is 0.702. The number of aryl methyl sites for hydroxylation is 1. The maximum absolute atomic E-state index is 13.8. The van der Waals surface area contributed by atoms with Crippen LogP contribution in [0.5, 0.6) is 0 Å². The predicted octanol–water partition coefficient (Wildman–Crippen LogP) is 4.81. The molecule has 4 nitrogen and oxygen atoms in total. The van der Waals surface area contributed by atoms with Gasteiger partial charge >= 0.3 is 6.18 Å². The van der Waals surface area contributed by atoms with Gasteiger partial charge in [0.05, 0.1) is 16.9 Å². The van der Waals surface area contributed by atoms with E-state index in [1.807, 2.05) is 24.0 Å². The highest BCUT2D eigenvalue weighted by Crippen LogP contribution is 2.50. The summed E-state index contributed by atoms with van der Waals surface area (Å²) < 4.78 is 42.4. The number of anilines is 3. The number of alkyl halides is 3. The molecule has 1 aromatic carbocycles. The second-order valence-electron chi connectivity index (χ2n) is 7.13. The monoisotopic (exact) mass is 440 g/mol. The molecular weight excluding hydrogens is 421 g/mol. The molecule has 0 spiro atoms. The van der Waals surface area contributed by atoms with Crippen LogP contribution in [0.25, 0.3) is 0 Å². The Bertz CT molecular complexity index is 884. The molecule has 2 aromatic rings. The maximum atomic E-state index is 13.8. The van der Waals surface area contributed by atoms with Crippen LogP contribution in [0.1, 0.15) is 29.2 Å². The van der Waals surface area contributed by atoms with Crippen LogP contribution < -0.4 is 15.5 Å². The summed E-state index contributed by atoms with van der Waals surface area (Å²) in [6.45, 7) is 3.36. The van der Waals surface area contributed by atoms with E-state index in [9.17, 15) is 13.2 Å². The van der Waals surface area contributed by atoms with Crippen molar-refractivity contribution >= 4 is 33.1 Å². The van der Waals surface area contributed by atoms with Crippen LogP contribution in [0.2, 0.25) is 0 Å². The normalized spacial score (nSPS) is 21.8. The van der Waals surface area contributed by atoms with E-state index >= 15 is 0 Å². The summed E-state index contributed by atoms with van der Waals surface area (Å²) in [4.78, 5) is 6.20. The lowest BCUT2D eigenvalue weighted by Gasteiger charge is -2.31. The van der Waals surface area contributed by atoms with Crippen molar-refractivity contribution in [3.05, 3.63) is 45.6 Å². The molecular formula is C19H20BrF3N4. The standard InChI is InChI=1S/C19H20BrF3N4/c1-10-15(20)3-4-17(25-10)26-11-7-12-13-9-24-6-5-16(13)27(2)18(12)14(8-11)19(21,22)23/h3-4,7-8,13,16,24H,5-6,9H2,1-2H3,(H,25,26)/t13-,16-/m1/s1. The number of hydrogen-bond donors (Lipinski definition) is 2. The molecule has 1 aromatic heterocycles. The van der Waals surface area contributed by atoms with Crippen LogP contribution in [0.3, 0.4) is 0 Å². The lowest BCUT2D eigenvalue weighted by molar-refractivity contribution is -0.137. The average Bonchev–Trinajstić information content (AvgIpc) is 2.90. The lowest BCUT2D eigenvalue weighted by Crippen LogP contribution is -2.42. The van der Waals surface area contributed by atoms with Gasteiger partial charge in [-0.25, -0.2) is 4.98 Å². The Morgan fingerprint density at radius 2 is 2.07 bits per heavy atom. The first-order valence-corrected chi connectivity index (χ1v) is 9.64. The maximum Gasteiger partial charge on any atom is 0.418 e. The number of aromatic nitrogens is 1. The number of benzene rings is 1. The molecule has 1 fully saturated rings. The summed E-state index contributed by atoms with van der Waals surface area (Å²) in [6, 6.07) is 6.72. The minimum Gasteiger partial charge on any atom is -0.370 e. The summed E-state index contributed by atoms with van der Waals surface area (Å²) in [5.74, 6) is 0.578. The van der Waals surface area contributed by atoms with Gasteiger partial charge in [-0.1, -0.05) is 0 Å². The molecule has 2 aliphatic heterocycles. The molecule has 2 N–H and O–H groups in total. The number of pyridine rings is 1. The Morgan fingerprint density at radius 3 is 2.78 bits per heavy atom.